The molecule has 3 nitrogen and oxygen atoms in total. The standard InChI is InChI=1S/C21H27ClN2O.2ClH/c1-2-24-12-6-9-20(24)15-23-14-18-13-19(22)10-11-21(18)25-16-17-7-4-3-5-8-17;;/h3-5,7-8,10-11,13,20,23H,2,6,9,12,14-16H2,1H3;2*1H. The third-order valence-electron chi connectivity index (χ3n) is 4.86. The molecule has 0 bridgehead atoms. The minimum atomic E-state index is 0. The van der Waals surface area contributed by atoms with E-state index in [1.807, 2.05) is 36.4 Å². The number of halogens is 3. The number of hydrogen-bond donors (Lipinski definition) is 1. The monoisotopic (exact) mass is 430 g/mol. The average Bonchev–Trinajstić information content (AvgIpc) is 3.09. The Balaban J connectivity index is 0.00000182. The Bertz CT molecular complexity index is 670. The van der Waals surface area contributed by atoms with E-state index in [1.165, 1.54) is 24.9 Å². The maximum absolute atomic E-state index is 6.19. The number of benzene rings is 2. The molecule has 1 aliphatic heterocycles. The highest BCUT2D eigenvalue weighted by molar-refractivity contribution is 6.30. The summed E-state index contributed by atoms with van der Waals surface area (Å²) in [6.45, 7) is 6.96. The van der Waals surface area contributed by atoms with Crippen LogP contribution in [0.1, 0.15) is 30.9 Å². The zero-order chi connectivity index (χ0) is 17.5. The molecular weight excluding hydrogens is 403 g/mol. The van der Waals surface area contributed by atoms with Gasteiger partial charge in [0.1, 0.15) is 12.4 Å². The van der Waals surface area contributed by atoms with E-state index in [1.54, 1.807) is 0 Å². The molecular formula is C21H29Cl3N2O. The molecule has 2 aromatic carbocycles. The first-order chi connectivity index (χ1) is 12.3. The Morgan fingerprint density at radius 2 is 1.93 bits per heavy atom. The van der Waals surface area contributed by atoms with Gasteiger partial charge in [-0.1, -0.05) is 48.9 Å². The molecule has 1 aliphatic rings. The normalized spacial score (nSPS) is 16.4. The molecule has 0 radical (unpaired) electrons. The fourth-order valence-corrected chi connectivity index (χ4v) is 3.67. The molecule has 6 heteroatoms. The third kappa shape index (κ3) is 7.17. The molecule has 0 spiro atoms. The van der Waals surface area contributed by atoms with Gasteiger partial charge in [-0.3, -0.25) is 4.90 Å². The third-order valence-corrected chi connectivity index (χ3v) is 5.10. The van der Waals surface area contributed by atoms with Gasteiger partial charge in [-0.05, 0) is 49.7 Å². The summed E-state index contributed by atoms with van der Waals surface area (Å²) in [5.41, 5.74) is 2.28. The van der Waals surface area contributed by atoms with Crippen LogP contribution in [0.3, 0.4) is 0 Å². The fourth-order valence-electron chi connectivity index (χ4n) is 3.48. The largest absolute Gasteiger partial charge is 0.489 e. The van der Waals surface area contributed by atoms with Crippen LogP contribution in [0, 0.1) is 0 Å². The lowest BCUT2D eigenvalue weighted by atomic mass is 10.1. The van der Waals surface area contributed by atoms with Gasteiger partial charge in [-0.15, -0.1) is 24.8 Å². The van der Waals surface area contributed by atoms with E-state index in [-0.39, 0.29) is 24.8 Å². The van der Waals surface area contributed by atoms with Crippen molar-refractivity contribution in [3.05, 3.63) is 64.7 Å². The zero-order valence-corrected chi connectivity index (χ0v) is 18.1. The SMILES string of the molecule is CCN1CCCC1CNCc1cc(Cl)ccc1OCc1ccccc1.Cl.Cl. The fraction of sp³-hybridized carbons (Fsp3) is 0.429. The predicted molar refractivity (Wildman–Crippen MR) is 119 cm³/mol. The van der Waals surface area contributed by atoms with Gasteiger partial charge in [0.15, 0.2) is 0 Å². The summed E-state index contributed by atoms with van der Waals surface area (Å²) in [4.78, 5) is 2.55. The molecule has 1 saturated heterocycles. The van der Waals surface area contributed by atoms with Crippen molar-refractivity contribution in [1.29, 1.82) is 0 Å². The lowest BCUT2D eigenvalue weighted by Gasteiger charge is -2.23. The Labute approximate surface area is 180 Å². The average molecular weight is 432 g/mol. The minimum Gasteiger partial charge on any atom is -0.489 e. The van der Waals surface area contributed by atoms with Crippen LogP contribution in [0.25, 0.3) is 0 Å². The highest BCUT2D eigenvalue weighted by Gasteiger charge is 2.22. The number of nitrogens with zero attached hydrogens (tertiary/aromatic N) is 1. The Kier molecular flexibility index (Phi) is 11.1. The first-order valence-electron chi connectivity index (χ1n) is 9.16. The van der Waals surface area contributed by atoms with Crippen molar-refractivity contribution in [3.8, 4) is 5.75 Å². The molecule has 27 heavy (non-hydrogen) atoms. The van der Waals surface area contributed by atoms with E-state index in [4.69, 9.17) is 16.3 Å². The molecule has 1 fully saturated rings. The van der Waals surface area contributed by atoms with Crippen molar-refractivity contribution < 1.29 is 4.74 Å². The molecule has 1 atom stereocenters. The number of nitrogens with one attached hydrogen (secondary N) is 1. The van der Waals surface area contributed by atoms with Crippen molar-refractivity contribution in [2.45, 2.75) is 39.0 Å². The van der Waals surface area contributed by atoms with E-state index in [0.29, 0.717) is 12.6 Å². The van der Waals surface area contributed by atoms with Crippen LogP contribution in [-0.4, -0.2) is 30.6 Å². The van der Waals surface area contributed by atoms with Crippen LogP contribution in [0.15, 0.2) is 48.5 Å². The second-order valence-electron chi connectivity index (χ2n) is 6.58. The molecule has 0 aliphatic carbocycles. The number of hydrogen-bond acceptors (Lipinski definition) is 3. The van der Waals surface area contributed by atoms with Crippen LogP contribution in [0.2, 0.25) is 5.02 Å². The van der Waals surface area contributed by atoms with Crippen molar-refractivity contribution in [2.75, 3.05) is 19.6 Å². The predicted octanol–water partition coefficient (Wildman–Crippen LogP) is 5.34. The van der Waals surface area contributed by atoms with Gasteiger partial charge in [0.25, 0.3) is 0 Å². The first kappa shape index (κ1) is 24.1. The van der Waals surface area contributed by atoms with Crippen LogP contribution in [0.4, 0.5) is 0 Å². The summed E-state index contributed by atoms with van der Waals surface area (Å²) in [6, 6.07) is 16.7. The lowest BCUT2D eigenvalue weighted by molar-refractivity contribution is 0.259. The van der Waals surface area contributed by atoms with Gasteiger partial charge in [0, 0.05) is 29.7 Å². The van der Waals surface area contributed by atoms with Crippen LogP contribution >= 0.6 is 36.4 Å². The molecule has 150 valence electrons. The smallest absolute Gasteiger partial charge is 0.124 e. The molecule has 1 N–H and O–H groups in total. The highest BCUT2D eigenvalue weighted by atomic mass is 35.5. The van der Waals surface area contributed by atoms with Gasteiger partial charge >= 0.3 is 0 Å². The summed E-state index contributed by atoms with van der Waals surface area (Å²) < 4.78 is 6.03. The zero-order valence-electron chi connectivity index (χ0n) is 15.7. The van der Waals surface area contributed by atoms with Gasteiger partial charge in [-0.25, -0.2) is 0 Å². The van der Waals surface area contributed by atoms with Crippen LogP contribution in [0.5, 0.6) is 5.75 Å². The molecule has 3 rings (SSSR count). The van der Waals surface area contributed by atoms with Gasteiger partial charge in [0.05, 0.1) is 0 Å². The summed E-state index contributed by atoms with van der Waals surface area (Å²) in [6.07, 6.45) is 2.59. The lowest BCUT2D eigenvalue weighted by Crippen LogP contribution is -2.37. The molecule has 2 aromatic rings. The first-order valence-corrected chi connectivity index (χ1v) is 9.54. The summed E-state index contributed by atoms with van der Waals surface area (Å²) in [5.74, 6) is 0.902. The number of likely N-dealkylation sites (N-methyl/N-ethyl adjacent to an activating group) is 1. The number of ether oxygens (including phenoxy) is 1. The van der Waals surface area contributed by atoms with E-state index < -0.39 is 0 Å². The number of rotatable bonds is 8. The van der Waals surface area contributed by atoms with E-state index in [9.17, 15) is 0 Å². The Morgan fingerprint density at radius 3 is 2.67 bits per heavy atom. The molecule has 0 amide bonds. The molecule has 1 heterocycles. The summed E-state index contributed by atoms with van der Waals surface area (Å²) in [5, 5.41) is 4.34. The van der Waals surface area contributed by atoms with Crippen LogP contribution in [-0.2, 0) is 13.2 Å². The second kappa shape index (κ2) is 12.5. The molecule has 0 saturated carbocycles. The molecule has 0 aromatic heterocycles. The Hall–Kier alpha value is -0.970. The minimum absolute atomic E-state index is 0. The maximum Gasteiger partial charge on any atom is 0.124 e. The van der Waals surface area contributed by atoms with Gasteiger partial charge in [0.2, 0.25) is 0 Å². The van der Waals surface area contributed by atoms with Crippen molar-refractivity contribution in [2.24, 2.45) is 0 Å². The van der Waals surface area contributed by atoms with Crippen molar-refractivity contribution in [1.82, 2.24) is 10.2 Å². The van der Waals surface area contributed by atoms with E-state index in [2.05, 4.69) is 29.3 Å². The van der Waals surface area contributed by atoms with Crippen molar-refractivity contribution in [3.63, 3.8) is 0 Å². The van der Waals surface area contributed by atoms with Gasteiger partial charge < -0.3 is 10.1 Å². The second-order valence-corrected chi connectivity index (χ2v) is 7.02. The molecule has 1 unspecified atom stereocenters. The summed E-state index contributed by atoms with van der Waals surface area (Å²) in [7, 11) is 0. The highest BCUT2D eigenvalue weighted by Crippen LogP contribution is 2.24. The van der Waals surface area contributed by atoms with Crippen molar-refractivity contribution >= 4 is 36.4 Å². The van der Waals surface area contributed by atoms with Gasteiger partial charge in [-0.2, -0.15) is 0 Å². The quantitative estimate of drug-likeness (QED) is 0.611. The Morgan fingerprint density at radius 1 is 1.15 bits per heavy atom. The van der Waals surface area contributed by atoms with E-state index in [0.717, 1.165) is 36.0 Å². The number of likely N-dealkylation sites (tertiary alicyclic amines) is 1. The van der Waals surface area contributed by atoms with Crippen LogP contribution < -0.4 is 10.1 Å². The van der Waals surface area contributed by atoms with E-state index >= 15 is 0 Å². The topological polar surface area (TPSA) is 24.5 Å². The maximum atomic E-state index is 6.19. The summed E-state index contributed by atoms with van der Waals surface area (Å²) >= 11 is 6.19.